The van der Waals surface area contributed by atoms with E-state index in [0.29, 0.717) is 23.7 Å². The molecule has 1 N–H and O–H groups in total. The molecule has 0 unspecified atom stereocenters. The molecule has 2 rings (SSSR count). The second-order valence-electron chi connectivity index (χ2n) is 4.30. The van der Waals surface area contributed by atoms with Crippen molar-refractivity contribution in [3.63, 3.8) is 0 Å². The Labute approximate surface area is 116 Å². The highest BCUT2D eigenvalue weighted by Gasteiger charge is 2.15. The highest BCUT2D eigenvalue weighted by atomic mass is 19.1. The summed E-state index contributed by atoms with van der Waals surface area (Å²) >= 11 is 0. The van der Waals surface area contributed by atoms with Crippen LogP contribution in [0, 0.1) is 12.7 Å². The molecule has 1 aromatic heterocycles. The van der Waals surface area contributed by atoms with E-state index in [2.05, 4.69) is 4.98 Å². The summed E-state index contributed by atoms with van der Waals surface area (Å²) in [5.41, 5.74) is 0.980. The molecule has 0 saturated heterocycles. The smallest absolute Gasteiger partial charge is 0.337 e. The number of aromatic nitrogens is 1. The summed E-state index contributed by atoms with van der Waals surface area (Å²) in [7, 11) is 0. The number of aryl methyl sites for hydroxylation is 1. The fourth-order valence-corrected chi connectivity index (χ4v) is 2.05. The van der Waals surface area contributed by atoms with Crippen molar-refractivity contribution >= 4 is 17.5 Å². The van der Waals surface area contributed by atoms with Crippen LogP contribution in [0.2, 0.25) is 0 Å². The van der Waals surface area contributed by atoms with Gasteiger partial charge in [0.1, 0.15) is 11.6 Å². The first kappa shape index (κ1) is 14.0. The van der Waals surface area contributed by atoms with Gasteiger partial charge >= 0.3 is 5.97 Å². The molecule has 0 radical (unpaired) electrons. The predicted octanol–water partition coefficient (Wildman–Crippen LogP) is 3.39. The Morgan fingerprint density at radius 2 is 2.00 bits per heavy atom. The number of carboxylic acids is 1. The topological polar surface area (TPSA) is 53.4 Å². The Morgan fingerprint density at radius 3 is 2.55 bits per heavy atom. The van der Waals surface area contributed by atoms with Crippen LogP contribution < -0.4 is 4.90 Å². The predicted molar refractivity (Wildman–Crippen MR) is 75.0 cm³/mol. The maximum absolute atomic E-state index is 13.9. The number of pyridine rings is 1. The SMILES string of the molecule is CCN(c1ccc(C(=O)O)c(C)n1)c1ccccc1F. The van der Waals surface area contributed by atoms with Crippen LogP contribution in [-0.2, 0) is 0 Å². The zero-order valence-electron chi connectivity index (χ0n) is 11.3. The summed E-state index contributed by atoms with van der Waals surface area (Å²) in [6.07, 6.45) is 0. The van der Waals surface area contributed by atoms with Gasteiger partial charge in [-0.2, -0.15) is 0 Å². The van der Waals surface area contributed by atoms with Gasteiger partial charge in [-0.1, -0.05) is 12.1 Å². The van der Waals surface area contributed by atoms with Crippen molar-refractivity contribution in [2.24, 2.45) is 0 Å². The van der Waals surface area contributed by atoms with Gasteiger partial charge in [-0.3, -0.25) is 0 Å². The lowest BCUT2D eigenvalue weighted by Gasteiger charge is -2.23. The van der Waals surface area contributed by atoms with Gasteiger partial charge < -0.3 is 10.0 Å². The Morgan fingerprint density at radius 1 is 1.30 bits per heavy atom. The van der Waals surface area contributed by atoms with Crippen LogP contribution in [0.4, 0.5) is 15.9 Å². The molecule has 0 amide bonds. The van der Waals surface area contributed by atoms with Crippen LogP contribution in [-0.4, -0.2) is 22.6 Å². The molecule has 0 fully saturated rings. The van der Waals surface area contributed by atoms with Crippen molar-refractivity contribution in [1.29, 1.82) is 0 Å². The molecule has 4 nitrogen and oxygen atoms in total. The highest BCUT2D eigenvalue weighted by Crippen LogP contribution is 2.26. The number of carboxylic acid groups (broad SMARTS) is 1. The number of anilines is 2. The van der Waals surface area contributed by atoms with Gasteiger partial charge in [0.2, 0.25) is 0 Å². The normalized spacial score (nSPS) is 10.3. The summed E-state index contributed by atoms with van der Waals surface area (Å²) < 4.78 is 13.9. The lowest BCUT2D eigenvalue weighted by atomic mass is 10.2. The number of hydrogen-bond donors (Lipinski definition) is 1. The molecular weight excluding hydrogens is 259 g/mol. The van der Waals surface area contributed by atoms with Crippen molar-refractivity contribution in [3.05, 3.63) is 53.5 Å². The maximum atomic E-state index is 13.9. The summed E-state index contributed by atoms with van der Waals surface area (Å²) in [6.45, 7) is 4.04. The quantitative estimate of drug-likeness (QED) is 0.928. The van der Waals surface area contributed by atoms with Crippen LogP contribution in [0.5, 0.6) is 0 Å². The summed E-state index contributed by atoms with van der Waals surface area (Å²) in [6, 6.07) is 9.51. The molecule has 1 heterocycles. The third-order valence-electron chi connectivity index (χ3n) is 3.04. The first-order valence-electron chi connectivity index (χ1n) is 6.27. The number of carbonyl (C=O) groups is 1. The lowest BCUT2D eigenvalue weighted by molar-refractivity contribution is 0.0695. The van der Waals surface area contributed by atoms with Crippen LogP contribution in [0.3, 0.4) is 0 Å². The number of halogens is 1. The number of para-hydroxylation sites is 1. The standard InChI is InChI=1S/C15H15FN2O2/c1-3-18(13-7-5-4-6-12(13)16)14-9-8-11(15(19)20)10(2)17-14/h4-9H,3H2,1-2H3,(H,19,20). The lowest BCUT2D eigenvalue weighted by Crippen LogP contribution is -2.19. The third-order valence-corrected chi connectivity index (χ3v) is 3.04. The second kappa shape index (κ2) is 5.69. The molecule has 2 aromatic rings. The van der Waals surface area contributed by atoms with Crippen molar-refractivity contribution < 1.29 is 14.3 Å². The minimum atomic E-state index is -1.02. The average Bonchev–Trinajstić information content (AvgIpc) is 2.41. The molecule has 0 aliphatic heterocycles. The zero-order chi connectivity index (χ0) is 14.7. The number of rotatable bonds is 4. The van der Waals surface area contributed by atoms with Gasteiger partial charge in [-0.15, -0.1) is 0 Å². The molecular formula is C15H15FN2O2. The fraction of sp³-hybridized carbons (Fsp3) is 0.200. The van der Waals surface area contributed by atoms with Crippen LogP contribution in [0.1, 0.15) is 23.0 Å². The van der Waals surface area contributed by atoms with Crippen LogP contribution >= 0.6 is 0 Å². The maximum Gasteiger partial charge on any atom is 0.337 e. The third kappa shape index (κ3) is 2.61. The minimum absolute atomic E-state index is 0.151. The largest absolute Gasteiger partial charge is 0.478 e. The molecule has 104 valence electrons. The molecule has 0 aliphatic carbocycles. The molecule has 0 atom stereocenters. The Balaban J connectivity index is 2.46. The molecule has 0 bridgehead atoms. The van der Waals surface area contributed by atoms with E-state index in [9.17, 15) is 9.18 Å². The number of aromatic carboxylic acids is 1. The van der Waals surface area contributed by atoms with Gasteiger partial charge in [-0.05, 0) is 38.1 Å². The first-order chi connectivity index (χ1) is 9.54. The number of nitrogens with zero attached hydrogens (tertiary/aromatic N) is 2. The summed E-state index contributed by atoms with van der Waals surface area (Å²) in [5, 5.41) is 9.00. The van der Waals surface area contributed by atoms with Gasteiger partial charge in [0, 0.05) is 6.54 Å². The monoisotopic (exact) mass is 274 g/mol. The molecule has 0 saturated carbocycles. The van der Waals surface area contributed by atoms with Gasteiger partial charge in [0.25, 0.3) is 0 Å². The Bertz CT molecular complexity index is 644. The second-order valence-corrected chi connectivity index (χ2v) is 4.30. The fourth-order valence-electron chi connectivity index (χ4n) is 2.05. The van der Waals surface area contributed by atoms with Gasteiger partial charge in [0.05, 0.1) is 16.9 Å². The van der Waals surface area contributed by atoms with Crippen molar-refractivity contribution in [2.75, 3.05) is 11.4 Å². The number of hydrogen-bond acceptors (Lipinski definition) is 3. The van der Waals surface area contributed by atoms with E-state index in [1.165, 1.54) is 12.1 Å². The molecule has 5 heteroatoms. The zero-order valence-corrected chi connectivity index (χ0v) is 11.3. The molecule has 0 aliphatic rings. The van der Waals surface area contributed by atoms with E-state index in [-0.39, 0.29) is 11.4 Å². The summed E-state index contributed by atoms with van der Waals surface area (Å²) in [4.78, 5) is 16.9. The molecule has 0 spiro atoms. The Hall–Kier alpha value is -2.43. The highest BCUT2D eigenvalue weighted by molar-refractivity contribution is 5.89. The molecule has 20 heavy (non-hydrogen) atoms. The van der Waals surface area contributed by atoms with E-state index >= 15 is 0 Å². The van der Waals surface area contributed by atoms with Crippen LogP contribution in [0.15, 0.2) is 36.4 Å². The van der Waals surface area contributed by atoms with E-state index in [1.807, 2.05) is 6.92 Å². The van der Waals surface area contributed by atoms with E-state index < -0.39 is 5.97 Å². The van der Waals surface area contributed by atoms with Gasteiger partial charge in [0.15, 0.2) is 0 Å². The van der Waals surface area contributed by atoms with E-state index in [1.54, 1.807) is 36.1 Å². The van der Waals surface area contributed by atoms with Crippen molar-refractivity contribution in [2.45, 2.75) is 13.8 Å². The van der Waals surface area contributed by atoms with E-state index in [4.69, 9.17) is 5.11 Å². The number of benzene rings is 1. The van der Waals surface area contributed by atoms with Crippen LogP contribution in [0.25, 0.3) is 0 Å². The van der Waals surface area contributed by atoms with Crippen molar-refractivity contribution in [3.8, 4) is 0 Å². The van der Waals surface area contributed by atoms with E-state index in [0.717, 1.165) is 0 Å². The average molecular weight is 274 g/mol. The van der Waals surface area contributed by atoms with Crippen molar-refractivity contribution in [1.82, 2.24) is 4.98 Å². The summed E-state index contributed by atoms with van der Waals surface area (Å²) in [5.74, 6) is -0.827. The van der Waals surface area contributed by atoms with Gasteiger partial charge in [-0.25, -0.2) is 14.2 Å². The Kier molecular flexibility index (Phi) is 3.98. The molecule has 1 aromatic carbocycles. The first-order valence-corrected chi connectivity index (χ1v) is 6.27. The minimum Gasteiger partial charge on any atom is -0.478 e.